The highest BCUT2D eigenvalue weighted by Gasteiger charge is 2.09. The molecule has 0 aliphatic carbocycles. The van der Waals surface area contributed by atoms with E-state index in [0.717, 1.165) is 5.56 Å². The minimum Gasteiger partial charge on any atom is -0.507 e. The zero-order chi connectivity index (χ0) is 20.4. The van der Waals surface area contributed by atoms with E-state index in [1.54, 1.807) is 49.6 Å². The molecule has 148 valence electrons. The maximum atomic E-state index is 12.5. The van der Waals surface area contributed by atoms with Crippen LogP contribution in [0, 0.1) is 0 Å². The minimum atomic E-state index is -0.192. The van der Waals surface area contributed by atoms with Gasteiger partial charge in [-0.05, 0) is 54.5 Å². The number of carbonyl (C=O) groups is 1. The standard InChI is InChI=1S/C22H24O6/c1-4-5-18-12-17(8-11-22(18)28-15-26-3)20(23)10-7-16-6-9-19(13-21(16)24)27-14-25-2/h4,6-13,24H,1,5,14-15H2,2-3H3/b10-7+. The summed E-state index contributed by atoms with van der Waals surface area (Å²) in [5, 5.41) is 10.1. The van der Waals surface area contributed by atoms with E-state index in [2.05, 4.69) is 6.58 Å². The van der Waals surface area contributed by atoms with Gasteiger partial charge in [0.05, 0.1) is 0 Å². The van der Waals surface area contributed by atoms with Crippen LogP contribution in [0.15, 0.2) is 55.1 Å². The predicted octanol–water partition coefficient (Wildman–Crippen LogP) is 3.98. The van der Waals surface area contributed by atoms with Crippen LogP contribution in [0.4, 0.5) is 0 Å². The van der Waals surface area contributed by atoms with Crippen LogP contribution in [0.3, 0.4) is 0 Å². The van der Waals surface area contributed by atoms with Gasteiger partial charge in [0.15, 0.2) is 19.4 Å². The Kier molecular flexibility index (Phi) is 8.27. The quantitative estimate of drug-likeness (QED) is 0.273. The fourth-order valence-corrected chi connectivity index (χ4v) is 2.45. The van der Waals surface area contributed by atoms with Gasteiger partial charge in [0, 0.05) is 31.4 Å². The molecule has 1 N–H and O–H groups in total. The Labute approximate surface area is 164 Å². The lowest BCUT2D eigenvalue weighted by molar-refractivity contribution is 0.0504. The Morgan fingerprint density at radius 3 is 2.50 bits per heavy atom. The highest BCUT2D eigenvalue weighted by molar-refractivity contribution is 6.07. The molecule has 0 heterocycles. The van der Waals surface area contributed by atoms with Crippen LogP contribution < -0.4 is 9.47 Å². The average molecular weight is 384 g/mol. The van der Waals surface area contributed by atoms with Gasteiger partial charge in [-0.1, -0.05) is 6.08 Å². The lowest BCUT2D eigenvalue weighted by Crippen LogP contribution is -2.03. The molecule has 2 aromatic carbocycles. The summed E-state index contributed by atoms with van der Waals surface area (Å²) in [6.07, 6.45) is 5.27. The highest BCUT2D eigenvalue weighted by atomic mass is 16.7. The molecule has 0 amide bonds. The zero-order valence-electron chi connectivity index (χ0n) is 16.0. The van der Waals surface area contributed by atoms with Gasteiger partial charge in [-0.15, -0.1) is 6.58 Å². The first-order valence-corrected chi connectivity index (χ1v) is 8.61. The van der Waals surface area contributed by atoms with Crippen LogP contribution in [0.1, 0.15) is 21.5 Å². The van der Waals surface area contributed by atoms with Gasteiger partial charge in [0.1, 0.15) is 17.2 Å². The van der Waals surface area contributed by atoms with Crippen molar-refractivity contribution in [2.24, 2.45) is 0 Å². The summed E-state index contributed by atoms with van der Waals surface area (Å²) in [5.41, 5.74) is 1.86. The van der Waals surface area contributed by atoms with Crippen LogP contribution in [-0.4, -0.2) is 38.7 Å². The van der Waals surface area contributed by atoms with Crippen LogP contribution >= 0.6 is 0 Å². The van der Waals surface area contributed by atoms with Crippen LogP contribution in [0.25, 0.3) is 6.08 Å². The first-order chi connectivity index (χ1) is 13.6. The largest absolute Gasteiger partial charge is 0.507 e. The molecule has 0 atom stereocenters. The normalized spacial score (nSPS) is 10.8. The Bertz CT molecular complexity index is 841. The monoisotopic (exact) mass is 384 g/mol. The Morgan fingerprint density at radius 2 is 1.82 bits per heavy atom. The third-order valence-corrected chi connectivity index (χ3v) is 3.80. The third kappa shape index (κ3) is 5.97. The minimum absolute atomic E-state index is 0.00770. The number of phenolic OH excluding ortho intramolecular Hbond substituents is 1. The van der Waals surface area contributed by atoms with Gasteiger partial charge in [0.25, 0.3) is 0 Å². The highest BCUT2D eigenvalue weighted by Crippen LogP contribution is 2.26. The van der Waals surface area contributed by atoms with Crippen molar-refractivity contribution in [3.8, 4) is 17.2 Å². The first-order valence-electron chi connectivity index (χ1n) is 8.61. The average Bonchev–Trinajstić information content (AvgIpc) is 2.70. The van der Waals surface area contributed by atoms with Crippen LogP contribution in [-0.2, 0) is 15.9 Å². The Hall–Kier alpha value is -3.09. The van der Waals surface area contributed by atoms with Crippen molar-refractivity contribution < 1.29 is 28.8 Å². The van der Waals surface area contributed by atoms with E-state index in [4.69, 9.17) is 18.9 Å². The fourth-order valence-electron chi connectivity index (χ4n) is 2.45. The second-order valence-electron chi connectivity index (χ2n) is 5.84. The molecule has 0 aromatic heterocycles. The molecule has 0 radical (unpaired) electrons. The SMILES string of the molecule is C=CCc1cc(C(=O)/C=C/c2ccc(OCOC)cc2O)ccc1OCOC. The molecular formula is C22H24O6. The number of aromatic hydroxyl groups is 1. The number of ketones is 1. The summed E-state index contributed by atoms with van der Waals surface area (Å²) in [4.78, 5) is 12.5. The fraction of sp³-hybridized carbons (Fsp3) is 0.227. The van der Waals surface area contributed by atoms with E-state index in [1.165, 1.54) is 19.3 Å². The van der Waals surface area contributed by atoms with Gasteiger partial charge in [-0.2, -0.15) is 0 Å². The molecule has 2 aromatic rings. The maximum Gasteiger partial charge on any atom is 0.188 e. The molecule has 0 fully saturated rings. The summed E-state index contributed by atoms with van der Waals surface area (Å²) in [5.74, 6) is 0.936. The van der Waals surface area contributed by atoms with Crippen molar-refractivity contribution in [2.45, 2.75) is 6.42 Å². The number of carbonyl (C=O) groups excluding carboxylic acids is 1. The lowest BCUT2D eigenvalue weighted by atomic mass is 10.0. The van der Waals surface area contributed by atoms with Crippen molar-refractivity contribution in [2.75, 3.05) is 27.8 Å². The van der Waals surface area contributed by atoms with Gasteiger partial charge >= 0.3 is 0 Å². The topological polar surface area (TPSA) is 74.2 Å². The van der Waals surface area contributed by atoms with E-state index in [9.17, 15) is 9.90 Å². The van der Waals surface area contributed by atoms with Crippen molar-refractivity contribution in [1.82, 2.24) is 0 Å². The van der Waals surface area contributed by atoms with Crippen molar-refractivity contribution in [3.63, 3.8) is 0 Å². The van der Waals surface area contributed by atoms with Gasteiger partial charge in [-0.25, -0.2) is 0 Å². The van der Waals surface area contributed by atoms with Gasteiger partial charge in [0.2, 0.25) is 0 Å². The second kappa shape index (κ2) is 10.9. The predicted molar refractivity (Wildman–Crippen MR) is 107 cm³/mol. The molecule has 0 aliphatic rings. The van der Waals surface area contributed by atoms with Crippen molar-refractivity contribution in [3.05, 3.63) is 71.8 Å². The Morgan fingerprint density at radius 1 is 1.07 bits per heavy atom. The molecule has 0 saturated heterocycles. The lowest BCUT2D eigenvalue weighted by Gasteiger charge is -2.10. The van der Waals surface area contributed by atoms with E-state index in [1.807, 2.05) is 0 Å². The molecule has 6 nitrogen and oxygen atoms in total. The molecule has 0 saturated carbocycles. The maximum absolute atomic E-state index is 12.5. The van der Waals surface area contributed by atoms with Crippen molar-refractivity contribution >= 4 is 11.9 Å². The molecule has 0 spiro atoms. The third-order valence-electron chi connectivity index (χ3n) is 3.80. The number of hydrogen-bond donors (Lipinski definition) is 1. The molecule has 6 heteroatoms. The summed E-state index contributed by atoms with van der Waals surface area (Å²) >= 11 is 0. The zero-order valence-corrected chi connectivity index (χ0v) is 16.0. The number of hydrogen-bond acceptors (Lipinski definition) is 6. The van der Waals surface area contributed by atoms with E-state index in [0.29, 0.717) is 29.0 Å². The molecule has 0 unspecified atom stereocenters. The summed E-state index contributed by atoms with van der Waals surface area (Å²) in [6, 6.07) is 10.0. The number of benzene rings is 2. The van der Waals surface area contributed by atoms with E-state index >= 15 is 0 Å². The number of allylic oxidation sites excluding steroid dienone is 2. The van der Waals surface area contributed by atoms with E-state index < -0.39 is 0 Å². The summed E-state index contributed by atoms with van der Waals surface area (Å²) in [6.45, 7) is 3.94. The van der Waals surface area contributed by atoms with Crippen molar-refractivity contribution in [1.29, 1.82) is 0 Å². The Balaban J connectivity index is 2.15. The molecule has 2 rings (SSSR count). The van der Waals surface area contributed by atoms with Gasteiger partial charge < -0.3 is 24.1 Å². The number of methoxy groups -OCH3 is 2. The smallest absolute Gasteiger partial charge is 0.188 e. The van der Waals surface area contributed by atoms with Gasteiger partial charge in [-0.3, -0.25) is 4.79 Å². The second-order valence-corrected chi connectivity index (χ2v) is 5.84. The number of rotatable bonds is 11. The first kappa shape index (κ1) is 21.2. The van der Waals surface area contributed by atoms with Crippen LogP contribution in [0.2, 0.25) is 0 Å². The summed E-state index contributed by atoms with van der Waals surface area (Å²) < 4.78 is 20.5. The summed E-state index contributed by atoms with van der Waals surface area (Å²) in [7, 11) is 3.06. The molecular weight excluding hydrogens is 360 g/mol. The molecule has 28 heavy (non-hydrogen) atoms. The molecule has 0 bridgehead atoms. The number of ether oxygens (including phenoxy) is 4. The van der Waals surface area contributed by atoms with Crippen LogP contribution in [0.5, 0.6) is 17.2 Å². The number of phenols is 1. The molecule has 0 aliphatic heterocycles. The van der Waals surface area contributed by atoms with E-state index in [-0.39, 0.29) is 25.1 Å².